The van der Waals surface area contributed by atoms with Crippen LogP contribution in [0, 0.1) is 25.2 Å². The van der Waals surface area contributed by atoms with Gasteiger partial charge in [-0.15, -0.1) is 11.3 Å². The Kier molecular flexibility index (Phi) is 3.05. The molecule has 0 bridgehead atoms. The summed E-state index contributed by atoms with van der Waals surface area (Å²) in [6.45, 7) is 3.80. The van der Waals surface area contributed by atoms with Crippen LogP contribution in [0.4, 0.5) is 0 Å². The molecule has 0 atom stereocenters. The van der Waals surface area contributed by atoms with E-state index in [1.165, 1.54) is 6.08 Å². The number of nitriles is 1. The summed E-state index contributed by atoms with van der Waals surface area (Å²) in [5.74, 6) is -1.18. The number of aryl methyl sites for hydroxylation is 2. The SMILES string of the molecule is Cc1csc(C)c1C=C(C#N)C(=O)O. The average Bonchev–Trinajstić information content (AvgIpc) is 2.43. The molecule has 0 spiro atoms. The Labute approximate surface area is 85.9 Å². The van der Waals surface area contributed by atoms with Crippen molar-refractivity contribution < 1.29 is 9.90 Å². The summed E-state index contributed by atoms with van der Waals surface area (Å²) in [7, 11) is 0. The zero-order valence-electron chi connectivity index (χ0n) is 7.87. The van der Waals surface area contributed by atoms with Gasteiger partial charge in [0.25, 0.3) is 0 Å². The molecule has 1 rings (SSSR count). The highest BCUT2D eigenvalue weighted by atomic mass is 32.1. The Balaban J connectivity index is 3.20. The van der Waals surface area contributed by atoms with Crippen LogP contribution in [0.5, 0.6) is 0 Å². The van der Waals surface area contributed by atoms with E-state index in [9.17, 15) is 4.79 Å². The molecule has 3 nitrogen and oxygen atoms in total. The van der Waals surface area contributed by atoms with Gasteiger partial charge in [-0.3, -0.25) is 0 Å². The second-order valence-electron chi connectivity index (χ2n) is 2.86. The molecule has 4 heteroatoms. The number of aliphatic carboxylic acids is 1. The molecule has 0 fully saturated rings. The molecule has 1 heterocycles. The van der Waals surface area contributed by atoms with Gasteiger partial charge in [0, 0.05) is 4.88 Å². The Morgan fingerprint density at radius 1 is 1.64 bits per heavy atom. The van der Waals surface area contributed by atoms with Crippen LogP contribution in [0.3, 0.4) is 0 Å². The van der Waals surface area contributed by atoms with Gasteiger partial charge in [0.15, 0.2) is 0 Å². The minimum Gasteiger partial charge on any atom is -0.477 e. The first-order valence-electron chi connectivity index (χ1n) is 3.96. The number of rotatable bonds is 2. The van der Waals surface area contributed by atoms with Crippen molar-refractivity contribution >= 4 is 23.4 Å². The van der Waals surface area contributed by atoms with Crippen molar-refractivity contribution in [1.82, 2.24) is 0 Å². The van der Waals surface area contributed by atoms with E-state index in [4.69, 9.17) is 10.4 Å². The second-order valence-corrected chi connectivity index (χ2v) is 3.95. The lowest BCUT2D eigenvalue weighted by Gasteiger charge is -1.94. The van der Waals surface area contributed by atoms with Crippen LogP contribution in [0.2, 0.25) is 0 Å². The molecule has 0 aliphatic rings. The van der Waals surface area contributed by atoms with Crippen LogP contribution in [0.1, 0.15) is 16.0 Å². The molecule has 14 heavy (non-hydrogen) atoms. The van der Waals surface area contributed by atoms with E-state index >= 15 is 0 Å². The molecular weight excluding hydrogens is 198 g/mol. The van der Waals surface area contributed by atoms with Gasteiger partial charge < -0.3 is 5.11 Å². The fourth-order valence-electron chi connectivity index (χ4n) is 1.08. The van der Waals surface area contributed by atoms with E-state index in [-0.39, 0.29) is 5.57 Å². The van der Waals surface area contributed by atoms with Gasteiger partial charge in [0.05, 0.1) is 0 Å². The Hall–Kier alpha value is -1.60. The lowest BCUT2D eigenvalue weighted by Crippen LogP contribution is -1.97. The van der Waals surface area contributed by atoms with Crippen molar-refractivity contribution in [3.05, 3.63) is 27.0 Å². The molecule has 1 N–H and O–H groups in total. The number of thiophene rings is 1. The number of nitrogens with zero attached hydrogens (tertiary/aromatic N) is 1. The monoisotopic (exact) mass is 207 g/mol. The normalized spacial score (nSPS) is 11.1. The van der Waals surface area contributed by atoms with Crippen LogP contribution in [-0.2, 0) is 4.79 Å². The maximum Gasteiger partial charge on any atom is 0.346 e. The van der Waals surface area contributed by atoms with Gasteiger partial charge in [-0.25, -0.2) is 4.79 Å². The molecule has 0 aliphatic carbocycles. The molecule has 0 saturated carbocycles. The smallest absolute Gasteiger partial charge is 0.346 e. The van der Waals surface area contributed by atoms with Crippen molar-refractivity contribution in [1.29, 1.82) is 5.26 Å². The van der Waals surface area contributed by atoms with Crippen molar-refractivity contribution in [2.75, 3.05) is 0 Å². The van der Waals surface area contributed by atoms with Crippen LogP contribution in [0.25, 0.3) is 6.08 Å². The number of hydrogen-bond acceptors (Lipinski definition) is 3. The zero-order valence-corrected chi connectivity index (χ0v) is 8.68. The first kappa shape index (κ1) is 10.5. The fraction of sp³-hybridized carbons (Fsp3) is 0.200. The first-order chi connectivity index (χ1) is 6.56. The minimum atomic E-state index is -1.18. The molecular formula is C10H9NO2S. The largest absolute Gasteiger partial charge is 0.477 e. The molecule has 72 valence electrons. The van der Waals surface area contributed by atoms with E-state index in [1.807, 2.05) is 19.2 Å². The lowest BCUT2D eigenvalue weighted by molar-refractivity contribution is -0.132. The Morgan fingerprint density at radius 2 is 2.29 bits per heavy atom. The van der Waals surface area contributed by atoms with E-state index < -0.39 is 5.97 Å². The fourth-order valence-corrected chi connectivity index (χ4v) is 1.91. The van der Waals surface area contributed by atoms with Gasteiger partial charge in [-0.2, -0.15) is 5.26 Å². The van der Waals surface area contributed by atoms with Crippen molar-refractivity contribution in [2.45, 2.75) is 13.8 Å². The van der Waals surface area contributed by atoms with E-state index in [0.29, 0.717) is 0 Å². The first-order valence-corrected chi connectivity index (χ1v) is 4.84. The van der Waals surface area contributed by atoms with Gasteiger partial charge in [0.1, 0.15) is 11.6 Å². The van der Waals surface area contributed by atoms with Crippen LogP contribution < -0.4 is 0 Å². The molecule has 0 unspecified atom stereocenters. The standard InChI is InChI=1S/C10H9NO2S/c1-6-5-14-7(2)9(6)3-8(4-11)10(12)13/h3,5H,1-2H3,(H,12,13). The van der Waals surface area contributed by atoms with Crippen molar-refractivity contribution in [2.24, 2.45) is 0 Å². The third kappa shape index (κ3) is 2.01. The highest BCUT2D eigenvalue weighted by Crippen LogP contribution is 2.23. The summed E-state index contributed by atoms with van der Waals surface area (Å²) < 4.78 is 0. The highest BCUT2D eigenvalue weighted by molar-refractivity contribution is 7.10. The molecule has 1 aromatic rings. The maximum atomic E-state index is 10.6. The molecule has 0 radical (unpaired) electrons. The lowest BCUT2D eigenvalue weighted by atomic mass is 10.1. The van der Waals surface area contributed by atoms with Crippen LogP contribution >= 0.6 is 11.3 Å². The Bertz CT molecular complexity index is 418. The number of carbonyl (C=O) groups is 1. The maximum absolute atomic E-state index is 10.6. The molecule has 1 aromatic heterocycles. The van der Waals surface area contributed by atoms with E-state index in [2.05, 4.69) is 0 Å². The third-order valence-electron chi connectivity index (χ3n) is 1.86. The summed E-state index contributed by atoms with van der Waals surface area (Å²) in [5, 5.41) is 19.2. The summed E-state index contributed by atoms with van der Waals surface area (Å²) in [4.78, 5) is 11.6. The summed E-state index contributed by atoms with van der Waals surface area (Å²) >= 11 is 1.55. The molecule has 0 amide bonds. The second kappa shape index (κ2) is 4.07. The number of hydrogen-bond donors (Lipinski definition) is 1. The van der Waals surface area contributed by atoms with E-state index in [1.54, 1.807) is 17.4 Å². The number of carboxylic acids is 1. The average molecular weight is 207 g/mol. The summed E-state index contributed by atoms with van der Waals surface area (Å²) in [6, 6.07) is 1.66. The van der Waals surface area contributed by atoms with Gasteiger partial charge in [-0.1, -0.05) is 0 Å². The van der Waals surface area contributed by atoms with Crippen LogP contribution in [0.15, 0.2) is 11.0 Å². The molecule has 0 aliphatic heterocycles. The number of carboxylic acid groups (broad SMARTS) is 1. The van der Waals surface area contributed by atoms with Gasteiger partial charge in [-0.05, 0) is 36.4 Å². The van der Waals surface area contributed by atoms with Crippen molar-refractivity contribution in [3.63, 3.8) is 0 Å². The van der Waals surface area contributed by atoms with E-state index in [0.717, 1.165) is 16.0 Å². The van der Waals surface area contributed by atoms with Crippen molar-refractivity contribution in [3.8, 4) is 6.07 Å². The Morgan fingerprint density at radius 3 is 2.64 bits per heavy atom. The molecule has 0 aromatic carbocycles. The molecule has 0 saturated heterocycles. The summed E-state index contributed by atoms with van der Waals surface area (Å²) in [6.07, 6.45) is 1.42. The van der Waals surface area contributed by atoms with Gasteiger partial charge in [0.2, 0.25) is 0 Å². The predicted octanol–water partition coefficient (Wildman–Crippen LogP) is 2.36. The zero-order chi connectivity index (χ0) is 10.7. The quantitative estimate of drug-likeness (QED) is 0.598. The summed E-state index contributed by atoms with van der Waals surface area (Å²) in [5.41, 5.74) is 1.62. The third-order valence-corrected chi connectivity index (χ3v) is 2.90. The topological polar surface area (TPSA) is 61.1 Å². The van der Waals surface area contributed by atoms with Crippen LogP contribution in [-0.4, -0.2) is 11.1 Å². The minimum absolute atomic E-state index is 0.227. The highest BCUT2D eigenvalue weighted by Gasteiger charge is 2.09. The predicted molar refractivity (Wildman–Crippen MR) is 55.0 cm³/mol. The van der Waals surface area contributed by atoms with Gasteiger partial charge >= 0.3 is 5.97 Å².